The molecule has 0 atom stereocenters. The van der Waals surface area contributed by atoms with E-state index in [9.17, 15) is 10.1 Å². The number of carbonyl (C=O) groups excluding carboxylic acids is 1. The molecule has 0 saturated carbocycles. The molecule has 0 aliphatic heterocycles. The van der Waals surface area contributed by atoms with Crippen molar-refractivity contribution in [2.75, 3.05) is 7.11 Å². The zero-order valence-electron chi connectivity index (χ0n) is 7.10. The summed E-state index contributed by atoms with van der Waals surface area (Å²) in [5.74, 6) is 0.289. The SMILES string of the molecule is C=O.COc1ccccc1[N+](=O)[O-]. The molecule has 0 radical (unpaired) electrons. The Hall–Kier alpha value is -1.91. The van der Waals surface area contributed by atoms with Gasteiger partial charge in [-0.2, -0.15) is 0 Å². The summed E-state index contributed by atoms with van der Waals surface area (Å²) in [7, 11) is 1.41. The number of para-hydroxylation sites is 2. The number of ether oxygens (including phenoxy) is 1. The first-order chi connectivity index (χ1) is 6.25. The fourth-order valence-electron chi connectivity index (χ4n) is 0.781. The Labute approximate surface area is 75.1 Å². The largest absolute Gasteiger partial charge is 0.490 e. The van der Waals surface area contributed by atoms with Crippen LogP contribution >= 0.6 is 0 Å². The molecule has 1 rings (SSSR count). The zero-order chi connectivity index (χ0) is 10.3. The first kappa shape index (κ1) is 11.1. The first-order valence-electron chi connectivity index (χ1n) is 3.32. The van der Waals surface area contributed by atoms with Crippen molar-refractivity contribution in [1.82, 2.24) is 0 Å². The molecule has 0 heterocycles. The molecule has 0 aliphatic carbocycles. The van der Waals surface area contributed by atoms with Gasteiger partial charge in [0.05, 0.1) is 12.0 Å². The predicted octanol–water partition coefficient (Wildman–Crippen LogP) is 1.42. The molecular formula is C8H9NO4. The van der Waals surface area contributed by atoms with Crippen molar-refractivity contribution in [2.45, 2.75) is 0 Å². The Morgan fingerprint density at radius 1 is 1.38 bits per heavy atom. The van der Waals surface area contributed by atoms with Crippen LogP contribution in [0.3, 0.4) is 0 Å². The molecule has 0 bridgehead atoms. The van der Waals surface area contributed by atoms with Gasteiger partial charge in [0.25, 0.3) is 0 Å². The molecule has 5 heteroatoms. The maximum atomic E-state index is 10.3. The van der Waals surface area contributed by atoms with Gasteiger partial charge in [0.1, 0.15) is 6.79 Å². The van der Waals surface area contributed by atoms with Crippen molar-refractivity contribution >= 4 is 12.5 Å². The molecule has 0 fully saturated rings. The number of nitro benzene ring substituents is 1. The van der Waals surface area contributed by atoms with E-state index in [1.807, 2.05) is 6.79 Å². The summed E-state index contributed by atoms with van der Waals surface area (Å²) in [5.41, 5.74) is -0.00463. The second-order valence-electron chi connectivity index (χ2n) is 1.93. The highest BCUT2D eigenvalue weighted by Gasteiger charge is 2.11. The lowest BCUT2D eigenvalue weighted by Gasteiger charge is -1.98. The molecule has 0 spiro atoms. The van der Waals surface area contributed by atoms with E-state index in [0.717, 1.165) is 0 Å². The van der Waals surface area contributed by atoms with Crippen molar-refractivity contribution in [3.05, 3.63) is 34.4 Å². The molecule has 5 nitrogen and oxygen atoms in total. The Bertz CT molecular complexity index is 287. The fourth-order valence-corrected chi connectivity index (χ4v) is 0.781. The van der Waals surface area contributed by atoms with Crippen molar-refractivity contribution in [3.8, 4) is 5.75 Å². The van der Waals surface area contributed by atoms with E-state index in [-0.39, 0.29) is 11.4 Å². The van der Waals surface area contributed by atoms with Crippen LogP contribution in [0.4, 0.5) is 5.69 Å². The molecule has 1 aromatic rings. The first-order valence-corrected chi connectivity index (χ1v) is 3.32. The lowest BCUT2D eigenvalue weighted by Crippen LogP contribution is -1.92. The maximum absolute atomic E-state index is 10.3. The summed E-state index contributed by atoms with van der Waals surface area (Å²) < 4.78 is 4.76. The van der Waals surface area contributed by atoms with Crippen LogP contribution < -0.4 is 4.74 Å². The van der Waals surface area contributed by atoms with Gasteiger partial charge in [0.15, 0.2) is 5.75 Å². The number of carbonyl (C=O) groups is 1. The van der Waals surface area contributed by atoms with E-state index in [4.69, 9.17) is 9.53 Å². The van der Waals surface area contributed by atoms with E-state index in [1.165, 1.54) is 13.2 Å². The minimum absolute atomic E-state index is 0.00463. The molecule has 0 N–H and O–H groups in total. The van der Waals surface area contributed by atoms with Crippen LogP contribution in [0.15, 0.2) is 24.3 Å². The highest BCUT2D eigenvalue weighted by atomic mass is 16.6. The summed E-state index contributed by atoms with van der Waals surface area (Å²) in [6.45, 7) is 2.00. The van der Waals surface area contributed by atoms with Gasteiger partial charge in [-0.3, -0.25) is 10.1 Å². The smallest absolute Gasteiger partial charge is 0.310 e. The summed E-state index contributed by atoms with van der Waals surface area (Å²) in [4.78, 5) is 17.8. The molecule has 0 amide bonds. The van der Waals surface area contributed by atoms with Crippen LogP contribution in [0, 0.1) is 10.1 Å². The molecule has 0 aliphatic rings. The fraction of sp³-hybridized carbons (Fsp3) is 0.125. The van der Waals surface area contributed by atoms with Crippen LogP contribution in [0.25, 0.3) is 0 Å². The second kappa shape index (κ2) is 5.70. The Morgan fingerprint density at radius 3 is 2.31 bits per heavy atom. The molecule has 0 unspecified atom stereocenters. The van der Waals surface area contributed by atoms with Crippen molar-refractivity contribution in [3.63, 3.8) is 0 Å². The Kier molecular flexibility index (Phi) is 4.87. The molecular weight excluding hydrogens is 174 g/mol. The van der Waals surface area contributed by atoms with Gasteiger partial charge in [-0.1, -0.05) is 12.1 Å². The third-order valence-electron chi connectivity index (χ3n) is 1.28. The Morgan fingerprint density at radius 2 is 1.92 bits per heavy atom. The Balaban J connectivity index is 0.000000671. The van der Waals surface area contributed by atoms with Gasteiger partial charge in [0.2, 0.25) is 0 Å². The van der Waals surface area contributed by atoms with Crippen molar-refractivity contribution < 1.29 is 14.5 Å². The third kappa shape index (κ3) is 2.90. The van der Waals surface area contributed by atoms with E-state index in [2.05, 4.69) is 0 Å². The third-order valence-corrected chi connectivity index (χ3v) is 1.28. The number of nitrogens with zero attached hydrogens (tertiary/aromatic N) is 1. The van der Waals surface area contributed by atoms with Gasteiger partial charge in [-0.15, -0.1) is 0 Å². The van der Waals surface area contributed by atoms with Crippen molar-refractivity contribution in [2.24, 2.45) is 0 Å². The highest BCUT2D eigenvalue weighted by Crippen LogP contribution is 2.24. The standard InChI is InChI=1S/C7H7NO3.CH2O/c1-11-7-5-3-2-4-6(7)8(9)10;1-2/h2-5H,1H3;1H2. The molecule has 0 aromatic heterocycles. The quantitative estimate of drug-likeness (QED) is 0.513. The minimum atomic E-state index is -0.473. The monoisotopic (exact) mass is 183 g/mol. The van der Waals surface area contributed by atoms with Crippen LogP contribution in [0.5, 0.6) is 5.75 Å². The van der Waals surface area contributed by atoms with Gasteiger partial charge < -0.3 is 9.53 Å². The second-order valence-corrected chi connectivity index (χ2v) is 1.93. The minimum Gasteiger partial charge on any atom is -0.490 e. The van der Waals surface area contributed by atoms with E-state index >= 15 is 0 Å². The lowest BCUT2D eigenvalue weighted by molar-refractivity contribution is -0.385. The number of methoxy groups -OCH3 is 1. The molecule has 70 valence electrons. The molecule has 1 aromatic carbocycles. The number of benzene rings is 1. The van der Waals surface area contributed by atoms with E-state index in [1.54, 1.807) is 18.2 Å². The van der Waals surface area contributed by atoms with Crippen LogP contribution in [0.2, 0.25) is 0 Å². The number of nitro groups is 1. The zero-order valence-corrected chi connectivity index (χ0v) is 7.10. The average molecular weight is 183 g/mol. The topological polar surface area (TPSA) is 69.4 Å². The summed E-state index contributed by atoms with van der Waals surface area (Å²) in [6, 6.07) is 6.24. The van der Waals surface area contributed by atoms with Crippen LogP contribution in [-0.4, -0.2) is 18.8 Å². The van der Waals surface area contributed by atoms with Gasteiger partial charge >= 0.3 is 5.69 Å². The van der Waals surface area contributed by atoms with Gasteiger partial charge in [-0.25, -0.2) is 0 Å². The summed E-state index contributed by atoms with van der Waals surface area (Å²) in [5, 5.41) is 10.3. The van der Waals surface area contributed by atoms with E-state index < -0.39 is 4.92 Å². The van der Waals surface area contributed by atoms with E-state index in [0.29, 0.717) is 0 Å². The number of hydrogen-bond donors (Lipinski definition) is 0. The molecule has 13 heavy (non-hydrogen) atoms. The van der Waals surface area contributed by atoms with Crippen LogP contribution in [0.1, 0.15) is 0 Å². The summed E-state index contributed by atoms with van der Waals surface area (Å²) >= 11 is 0. The predicted molar refractivity (Wildman–Crippen MR) is 46.8 cm³/mol. The lowest BCUT2D eigenvalue weighted by atomic mass is 10.3. The summed E-state index contributed by atoms with van der Waals surface area (Å²) in [6.07, 6.45) is 0. The van der Waals surface area contributed by atoms with Crippen LogP contribution in [-0.2, 0) is 4.79 Å². The average Bonchev–Trinajstić information content (AvgIpc) is 2.20. The van der Waals surface area contributed by atoms with Crippen molar-refractivity contribution in [1.29, 1.82) is 0 Å². The number of hydrogen-bond acceptors (Lipinski definition) is 4. The normalized spacial score (nSPS) is 8.08. The van der Waals surface area contributed by atoms with Gasteiger partial charge in [-0.05, 0) is 6.07 Å². The van der Waals surface area contributed by atoms with Gasteiger partial charge in [0, 0.05) is 6.07 Å². The maximum Gasteiger partial charge on any atom is 0.310 e. The molecule has 0 saturated heterocycles. The highest BCUT2D eigenvalue weighted by molar-refractivity contribution is 5.45. The number of rotatable bonds is 2.